The predicted octanol–water partition coefficient (Wildman–Crippen LogP) is 3.00. The number of hydrogen-bond donors (Lipinski definition) is 1. The predicted molar refractivity (Wildman–Crippen MR) is 78.9 cm³/mol. The van der Waals surface area contributed by atoms with Crippen LogP contribution in [0.4, 0.5) is 0 Å². The molecule has 0 unspecified atom stereocenters. The van der Waals surface area contributed by atoms with Gasteiger partial charge in [0.25, 0.3) is 0 Å². The molecule has 0 aliphatic rings. The van der Waals surface area contributed by atoms with Gasteiger partial charge in [0.05, 0.1) is 12.8 Å². The SMILES string of the molecule is COc1cccc(COc2ccc(C)cc2[C@H](C)N)n1. The molecule has 106 valence electrons. The lowest BCUT2D eigenvalue weighted by atomic mass is 10.1. The van der Waals surface area contributed by atoms with Gasteiger partial charge in [-0.2, -0.15) is 0 Å². The third-order valence-electron chi connectivity index (χ3n) is 3.02. The van der Waals surface area contributed by atoms with Crippen molar-refractivity contribution in [3.05, 3.63) is 53.2 Å². The first-order valence-corrected chi connectivity index (χ1v) is 6.59. The minimum atomic E-state index is -0.0665. The van der Waals surface area contributed by atoms with E-state index >= 15 is 0 Å². The molecule has 0 radical (unpaired) electrons. The fraction of sp³-hybridized carbons (Fsp3) is 0.312. The molecule has 2 N–H and O–H groups in total. The molecule has 0 spiro atoms. The third-order valence-corrected chi connectivity index (χ3v) is 3.02. The second kappa shape index (κ2) is 6.39. The molecule has 0 fully saturated rings. The summed E-state index contributed by atoms with van der Waals surface area (Å²) in [4.78, 5) is 4.32. The second-order valence-corrected chi connectivity index (χ2v) is 4.79. The van der Waals surface area contributed by atoms with Crippen molar-refractivity contribution in [2.45, 2.75) is 26.5 Å². The van der Waals surface area contributed by atoms with Gasteiger partial charge in [-0.15, -0.1) is 0 Å². The van der Waals surface area contributed by atoms with Crippen LogP contribution in [0.15, 0.2) is 36.4 Å². The molecule has 2 rings (SSSR count). The molecule has 0 amide bonds. The van der Waals surface area contributed by atoms with Gasteiger partial charge in [0, 0.05) is 17.7 Å². The van der Waals surface area contributed by atoms with Gasteiger partial charge < -0.3 is 15.2 Å². The van der Waals surface area contributed by atoms with Crippen LogP contribution in [0.5, 0.6) is 11.6 Å². The first-order chi connectivity index (χ1) is 9.60. The Labute approximate surface area is 119 Å². The van der Waals surface area contributed by atoms with E-state index < -0.39 is 0 Å². The number of pyridine rings is 1. The maximum Gasteiger partial charge on any atom is 0.213 e. The van der Waals surface area contributed by atoms with E-state index in [4.69, 9.17) is 15.2 Å². The quantitative estimate of drug-likeness (QED) is 0.909. The van der Waals surface area contributed by atoms with Crippen LogP contribution in [0.3, 0.4) is 0 Å². The summed E-state index contributed by atoms with van der Waals surface area (Å²) in [6, 6.07) is 11.6. The topological polar surface area (TPSA) is 57.4 Å². The minimum absolute atomic E-state index is 0.0665. The summed E-state index contributed by atoms with van der Waals surface area (Å²) < 4.78 is 10.9. The summed E-state index contributed by atoms with van der Waals surface area (Å²) in [7, 11) is 1.60. The molecule has 0 bridgehead atoms. The van der Waals surface area contributed by atoms with Crippen molar-refractivity contribution in [2.24, 2.45) is 5.73 Å². The first kappa shape index (κ1) is 14.3. The number of rotatable bonds is 5. The zero-order valence-corrected chi connectivity index (χ0v) is 12.1. The summed E-state index contributed by atoms with van der Waals surface area (Å²) in [6.45, 7) is 4.38. The molecular weight excluding hydrogens is 252 g/mol. The van der Waals surface area contributed by atoms with Gasteiger partial charge >= 0.3 is 0 Å². The summed E-state index contributed by atoms with van der Waals surface area (Å²) in [5, 5.41) is 0. The van der Waals surface area contributed by atoms with Gasteiger partial charge in [0.1, 0.15) is 12.4 Å². The molecule has 1 heterocycles. The molecule has 2 aromatic rings. The molecule has 0 saturated carbocycles. The number of benzene rings is 1. The van der Waals surface area contributed by atoms with E-state index in [1.165, 1.54) is 5.56 Å². The highest BCUT2D eigenvalue weighted by molar-refractivity contribution is 5.38. The fourth-order valence-electron chi connectivity index (χ4n) is 1.96. The number of methoxy groups -OCH3 is 1. The molecule has 1 aromatic carbocycles. The van der Waals surface area contributed by atoms with Crippen molar-refractivity contribution in [2.75, 3.05) is 7.11 Å². The summed E-state index contributed by atoms with van der Waals surface area (Å²) in [5.41, 5.74) is 8.98. The molecule has 1 aromatic heterocycles. The lowest BCUT2D eigenvalue weighted by molar-refractivity contribution is 0.293. The van der Waals surface area contributed by atoms with Crippen molar-refractivity contribution in [3.8, 4) is 11.6 Å². The van der Waals surface area contributed by atoms with Crippen LogP contribution in [0, 0.1) is 6.92 Å². The van der Waals surface area contributed by atoms with Crippen LogP contribution in [0.2, 0.25) is 0 Å². The standard InChI is InChI=1S/C16H20N2O2/c1-11-7-8-15(14(9-11)12(2)17)20-10-13-5-4-6-16(18-13)19-3/h4-9,12H,10,17H2,1-3H3/t12-/m0/s1. The number of ether oxygens (including phenoxy) is 2. The Kier molecular flexibility index (Phi) is 4.58. The molecule has 0 aliphatic carbocycles. The number of aryl methyl sites for hydroxylation is 1. The third kappa shape index (κ3) is 3.48. The van der Waals surface area contributed by atoms with Crippen LogP contribution in [0.25, 0.3) is 0 Å². The molecule has 4 nitrogen and oxygen atoms in total. The van der Waals surface area contributed by atoms with Crippen LogP contribution < -0.4 is 15.2 Å². The Morgan fingerprint density at radius 3 is 2.75 bits per heavy atom. The van der Waals surface area contributed by atoms with Crippen molar-refractivity contribution in [3.63, 3.8) is 0 Å². The van der Waals surface area contributed by atoms with Gasteiger partial charge in [-0.05, 0) is 26.0 Å². The Bertz CT molecular complexity index is 582. The van der Waals surface area contributed by atoms with E-state index in [2.05, 4.69) is 11.1 Å². The monoisotopic (exact) mass is 272 g/mol. The number of aromatic nitrogens is 1. The highest BCUT2D eigenvalue weighted by atomic mass is 16.5. The largest absolute Gasteiger partial charge is 0.487 e. The van der Waals surface area contributed by atoms with Crippen LogP contribution in [-0.2, 0) is 6.61 Å². The van der Waals surface area contributed by atoms with E-state index in [1.807, 2.05) is 44.2 Å². The highest BCUT2D eigenvalue weighted by Crippen LogP contribution is 2.25. The lowest BCUT2D eigenvalue weighted by Gasteiger charge is -2.14. The van der Waals surface area contributed by atoms with E-state index in [0.717, 1.165) is 17.0 Å². The maximum absolute atomic E-state index is 5.98. The van der Waals surface area contributed by atoms with Gasteiger partial charge in [0.15, 0.2) is 0 Å². The molecule has 0 saturated heterocycles. The van der Waals surface area contributed by atoms with Gasteiger partial charge in [-0.25, -0.2) is 4.98 Å². The van der Waals surface area contributed by atoms with Crippen LogP contribution in [-0.4, -0.2) is 12.1 Å². The van der Waals surface area contributed by atoms with E-state index in [0.29, 0.717) is 12.5 Å². The van der Waals surface area contributed by atoms with E-state index in [1.54, 1.807) is 7.11 Å². The molecular formula is C16H20N2O2. The zero-order chi connectivity index (χ0) is 14.5. The average Bonchev–Trinajstić information content (AvgIpc) is 2.46. The summed E-state index contributed by atoms with van der Waals surface area (Å²) >= 11 is 0. The minimum Gasteiger partial charge on any atom is -0.487 e. The summed E-state index contributed by atoms with van der Waals surface area (Å²) in [6.07, 6.45) is 0. The summed E-state index contributed by atoms with van der Waals surface area (Å²) in [5.74, 6) is 1.39. The zero-order valence-electron chi connectivity index (χ0n) is 12.1. The van der Waals surface area contributed by atoms with Crippen molar-refractivity contribution >= 4 is 0 Å². The molecule has 0 aliphatic heterocycles. The second-order valence-electron chi connectivity index (χ2n) is 4.79. The van der Waals surface area contributed by atoms with Crippen LogP contribution in [0.1, 0.15) is 29.8 Å². The Hall–Kier alpha value is -2.07. The Balaban J connectivity index is 2.14. The van der Waals surface area contributed by atoms with Crippen molar-refractivity contribution in [1.82, 2.24) is 4.98 Å². The number of hydrogen-bond acceptors (Lipinski definition) is 4. The molecule has 4 heteroatoms. The van der Waals surface area contributed by atoms with Gasteiger partial charge in [0.2, 0.25) is 5.88 Å². The van der Waals surface area contributed by atoms with Gasteiger partial charge in [-0.1, -0.05) is 23.8 Å². The number of nitrogens with two attached hydrogens (primary N) is 1. The van der Waals surface area contributed by atoms with E-state index in [-0.39, 0.29) is 6.04 Å². The normalized spacial score (nSPS) is 12.0. The Morgan fingerprint density at radius 1 is 1.25 bits per heavy atom. The van der Waals surface area contributed by atoms with Gasteiger partial charge in [-0.3, -0.25) is 0 Å². The average molecular weight is 272 g/mol. The lowest BCUT2D eigenvalue weighted by Crippen LogP contribution is -2.09. The molecule has 1 atom stereocenters. The first-order valence-electron chi connectivity index (χ1n) is 6.59. The highest BCUT2D eigenvalue weighted by Gasteiger charge is 2.09. The van der Waals surface area contributed by atoms with E-state index in [9.17, 15) is 0 Å². The smallest absolute Gasteiger partial charge is 0.213 e. The maximum atomic E-state index is 5.98. The van der Waals surface area contributed by atoms with Crippen molar-refractivity contribution < 1.29 is 9.47 Å². The van der Waals surface area contributed by atoms with Crippen LogP contribution >= 0.6 is 0 Å². The van der Waals surface area contributed by atoms with Crippen molar-refractivity contribution in [1.29, 1.82) is 0 Å². The molecule has 20 heavy (non-hydrogen) atoms. The Morgan fingerprint density at radius 2 is 2.05 bits per heavy atom. The number of nitrogens with zero attached hydrogens (tertiary/aromatic N) is 1. The fourth-order valence-corrected chi connectivity index (χ4v) is 1.96.